The van der Waals surface area contributed by atoms with Crippen molar-refractivity contribution in [2.75, 3.05) is 6.54 Å². The van der Waals surface area contributed by atoms with E-state index in [0.717, 1.165) is 25.7 Å². The Kier molecular flexibility index (Phi) is 5.61. The van der Waals surface area contributed by atoms with E-state index in [2.05, 4.69) is 17.2 Å². The molecule has 1 amide bonds. The van der Waals surface area contributed by atoms with E-state index in [0.29, 0.717) is 18.9 Å². The van der Waals surface area contributed by atoms with E-state index in [1.54, 1.807) is 0 Å². The Morgan fingerprint density at radius 2 is 2.14 bits per heavy atom. The minimum atomic E-state index is -0.883. The van der Waals surface area contributed by atoms with Crippen LogP contribution in [0.1, 0.15) is 38.5 Å². The van der Waals surface area contributed by atoms with Gasteiger partial charge >= 0.3 is 12.1 Å². The molecule has 21 heavy (non-hydrogen) atoms. The first-order valence-electron chi connectivity index (χ1n) is 7.64. The van der Waals surface area contributed by atoms with Gasteiger partial charge in [0.25, 0.3) is 0 Å². The molecule has 0 radical (unpaired) electrons. The third kappa shape index (κ3) is 4.46. The van der Waals surface area contributed by atoms with Gasteiger partial charge in [-0.05, 0) is 38.0 Å². The largest absolute Gasteiger partial charge is 0.480 e. The molecule has 1 saturated heterocycles. The van der Waals surface area contributed by atoms with E-state index < -0.39 is 18.1 Å². The maximum Gasteiger partial charge on any atom is 0.407 e. The summed E-state index contributed by atoms with van der Waals surface area (Å²) in [5.74, 6) is -0.526. The lowest BCUT2D eigenvalue weighted by Gasteiger charge is -2.30. The van der Waals surface area contributed by atoms with Crippen molar-refractivity contribution < 1.29 is 19.4 Å². The van der Waals surface area contributed by atoms with Gasteiger partial charge in [0, 0.05) is 12.6 Å². The maximum absolute atomic E-state index is 12.0. The van der Waals surface area contributed by atoms with Gasteiger partial charge in [-0.3, -0.25) is 4.79 Å². The fourth-order valence-electron chi connectivity index (χ4n) is 3.18. The Bertz CT molecular complexity index is 399. The molecule has 2 unspecified atom stereocenters. The molecule has 6 nitrogen and oxygen atoms in total. The number of amides is 1. The number of carbonyl (C=O) groups excluding carboxylic acids is 1. The van der Waals surface area contributed by atoms with Crippen molar-refractivity contribution in [2.45, 2.75) is 56.7 Å². The average Bonchev–Trinajstić information content (AvgIpc) is 2.90. The van der Waals surface area contributed by atoms with Crippen LogP contribution in [0.5, 0.6) is 0 Å². The summed E-state index contributed by atoms with van der Waals surface area (Å²) in [6.45, 7) is 4.22. The number of aliphatic carboxylic acids is 1. The van der Waals surface area contributed by atoms with Crippen molar-refractivity contribution in [3.05, 3.63) is 12.7 Å². The summed E-state index contributed by atoms with van der Waals surface area (Å²) in [5, 5.41) is 14.5. The van der Waals surface area contributed by atoms with Gasteiger partial charge in [0.05, 0.1) is 0 Å². The fraction of sp³-hybridized carbons (Fsp3) is 0.733. The van der Waals surface area contributed by atoms with Gasteiger partial charge in [-0.2, -0.15) is 0 Å². The van der Waals surface area contributed by atoms with E-state index in [1.807, 2.05) is 6.08 Å². The lowest BCUT2D eigenvalue weighted by Crippen LogP contribution is -2.40. The Morgan fingerprint density at radius 1 is 1.38 bits per heavy atom. The van der Waals surface area contributed by atoms with Crippen LogP contribution in [0.25, 0.3) is 0 Å². The second-order valence-electron chi connectivity index (χ2n) is 5.89. The highest BCUT2D eigenvalue weighted by Crippen LogP contribution is 2.29. The Labute approximate surface area is 124 Å². The first-order valence-corrected chi connectivity index (χ1v) is 7.64. The Hall–Kier alpha value is -1.56. The van der Waals surface area contributed by atoms with Crippen LogP contribution >= 0.6 is 0 Å². The standard InChI is InChI=1S/C15H24N2O4/c1-2-5-10-6-3-4-7-13(10)21-15(20)17-11-8-12(14(18)19)16-9-11/h2,10-13,16H,1,3-9H2,(H,17,20)(H,18,19)/t10?,11-,12+,13?/m1/s1. The minimum Gasteiger partial charge on any atom is -0.480 e. The van der Waals surface area contributed by atoms with Crippen LogP contribution in [0.4, 0.5) is 4.79 Å². The summed E-state index contributed by atoms with van der Waals surface area (Å²) in [5.41, 5.74) is 0. The van der Waals surface area contributed by atoms with Crippen molar-refractivity contribution >= 4 is 12.1 Å². The third-order valence-electron chi connectivity index (χ3n) is 4.32. The number of carbonyl (C=O) groups is 2. The highest BCUT2D eigenvalue weighted by Gasteiger charge is 2.32. The van der Waals surface area contributed by atoms with Crippen molar-refractivity contribution in [3.8, 4) is 0 Å². The summed E-state index contributed by atoms with van der Waals surface area (Å²) in [7, 11) is 0. The van der Waals surface area contributed by atoms with E-state index >= 15 is 0 Å². The van der Waals surface area contributed by atoms with E-state index in [4.69, 9.17) is 9.84 Å². The SMILES string of the molecule is C=CCC1CCCCC1OC(=O)N[C@H]1CN[C@H](C(=O)O)C1. The highest BCUT2D eigenvalue weighted by molar-refractivity contribution is 5.74. The highest BCUT2D eigenvalue weighted by atomic mass is 16.6. The second-order valence-corrected chi connectivity index (χ2v) is 5.89. The molecule has 4 atom stereocenters. The lowest BCUT2D eigenvalue weighted by atomic mass is 9.84. The van der Waals surface area contributed by atoms with Gasteiger partial charge in [0.1, 0.15) is 12.1 Å². The maximum atomic E-state index is 12.0. The van der Waals surface area contributed by atoms with Crippen molar-refractivity contribution in [3.63, 3.8) is 0 Å². The number of carboxylic acid groups (broad SMARTS) is 1. The zero-order chi connectivity index (χ0) is 15.2. The molecule has 0 bridgehead atoms. The van der Waals surface area contributed by atoms with Crippen LogP contribution in [0.2, 0.25) is 0 Å². The molecule has 0 aromatic heterocycles. The van der Waals surface area contributed by atoms with Crippen LogP contribution in [0.3, 0.4) is 0 Å². The normalized spacial score (nSPS) is 32.4. The molecule has 2 rings (SSSR count). The first kappa shape index (κ1) is 15.8. The van der Waals surface area contributed by atoms with E-state index in [1.165, 1.54) is 6.42 Å². The molecule has 6 heteroatoms. The van der Waals surface area contributed by atoms with Crippen molar-refractivity contribution in [2.24, 2.45) is 5.92 Å². The molecule has 0 spiro atoms. The molecule has 1 saturated carbocycles. The number of nitrogens with one attached hydrogen (secondary N) is 2. The van der Waals surface area contributed by atoms with Crippen molar-refractivity contribution in [1.29, 1.82) is 0 Å². The van der Waals surface area contributed by atoms with E-state index in [9.17, 15) is 9.59 Å². The number of ether oxygens (including phenoxy) is 1. The fourth-order valence-corrected chi connectivity index (χ4v) is 3.18. The van der Waals surface area contributed by atoms with Gasteiger partial charge in [-0.15, -0.1) is 6.58 Å². The molecule has 2 fully saturated rings. The number of hydrogen-bond donors (Lipinski definition) is 3. The zero-order valence-corrected chi connectivity index (χ0v) is 12.2. The second kappa shape index (κ2) is 7.45. The molecule has 0 aromatic carbocycles. The van der Waals surface area contributed by atoms with Gasteiger partial charge in [-0.25, -0.2) is 4.79 Å². The quantitative estimate of drug-likeness (QED) is 0.672. The summed E-state index contributed by atoms with van der Waals surface area (Å²) in [6.07, 6.45) is 6.86. The van der Waals surface area contributed by atoms with E-state index in [-0.39, 0.29) is 12.1 Å². The van der Waals surface area contributed by atoms with Gasteiger partial charge in [0.2, 0.25) is 0 Å². The summed E-state index contributed by atoms with van der Waals surface area (Å²) in [6, 6.07) is -0.765. The molecule has 1 aliphatic carbocycles. The number of carboxylic acids is 1. The number of allylic oxidation sites excluding steroid dienone is 1. The molecular formula is C15H24N2O4. The van der Waals surface area contributed by atoms with Gasteiger partial charge in [0.15, 0.2) is 0 Å². The first-order chi connectivity index (χ1) is 10.1. The average molecular weight is 296 g/mol. The molecule has 0 aromatic rings. The van der Waals surface area contributed by atoms with Crippen LogP contribution in [0.15, 0.2) is 12.7 Å². The van der Waals surface area contributed by atoms with Crippen molar-refractivity contribution in [1.82, 2.24) is 10.6 Å². The Morgan fingerprint density at radius 3 is 2.81 bits per heavy atom. The predicted octanol–water partition coefficient (Wildman–Crippen LogP) is 1.66. The monoisotopic (exact) mass is 296 g/mol. The van der Waals surface area contributed by atoms with Crippen LogP contribution in [-0.4, -0.2) is 41.9 Å². The molecule has 1 aliphatic heterocycles. The summed E-state index contributed by atoms with van der Waals surface area (Å²) < 4.78 is 5.54. The summed E-state index contributed by atoms with van der Waals surface area (Å²) >= 11 is 0. The molecule has 3 N–H and O–H groups in total. The molecule has 2 aliphatic rings. The third-order valence-corrected chi connectivity index (χ3v) is 4.32. The smallest absolute Gasteiger partial charge is 0.407 e. The topological polar surface area (TPSA) is 87.7 Å². The lowest BCUT2D eigenvalue weighted by molar-refractivity contribution is -0.139. The number of hydrogen-bond acceptors (Lipinski definition) is 4. The molecule has 118 valence electrons. The predicted molar refractivity (Wildman–Crippen MR) is 78.0 cm³/mol. The van der Waals surface area contributed by atoms with Crippen LogP contribution in [0, 0.1) is 5.92 Å². The van der Waals surface area contributed by atoms with Crippen LogP contribution < -0.4 is 10.6 Å². The van der Waals surface area contributed by atoms with Crippen LogP contribution in [-0.2, 0) is 9.53 Å². The van der Waals surface area contributed by atoms with Gasteiger partial charge in [-0.1, -0.05) is 12.5 Å². The number of alkyl carbamates (subject to hydrolysis) is 1. The van der Waals surface area contributed by atoms with Gasteiger partial charge < -0.3 is 20.5 Å². The number of rotatable bonds is 5. The Balaban J connectivity index is 1.78. The minimum absolute atomic E-state index is 0.0543. The molecular weight excluding hydrogens is 272 g/mol. The summed E-state index contributed by atoms with van der Waals surface area (Å²) in [4.78, 5) is 22.8. The zero-order valence-electron chi connectivity index (χ0n) is 12.2. The molecule has 1 heterocycles.